The molecule has 1 saturated carbocycles. The fourth-order valence-corrected chi connectivity index (χ4v) is 3.29. The van der Waals surface area contributed by atoms with Crippen LogP contribution in [0.15, 0.2) is 36.4 Å². The van der Waals surface area contributed by atoms with E-state index < -0.39 is 5.97 Å². The molecule has 3 rings (SSSR count). The molecule has 0 spiro atoms. The Morgan fingerprint density at radius 1 is 1.24 bits per heavy atom. The number of rotatable bonds is 6. The van der Waals surface area contributed by atoms with Gasteiger partial charge in [0.15, 0.2) is 0 Å². The molecule has 1 aromatic carbocycles. The molecule has 0 atom stereocenters. The smallest absolute Gasteiger partial charge is 0.543 e. The number of aromatic carboxylic acids is 1. The second-order valence-corrected chi connectivity index (χ2v) is 6.63. The summed E-state index contributed by atoms with van der Waals surface area (Å²) in [6, 6.07) is 10.4. The minimum atomic E-state index is -1.28. The van der Waals surface area contributed by atoms with Crippen LogP contribution in [0.3, 0.4) is 0 Å². The largest absolute Gasteiger partial charge is 1.00 e. The molecular formula is C19H19ClNNaO3. The third kappa shape index (κ3) is 5.71. The molecule has 1 heterocycles. The fourth-order valence-electron chi connectivity index (χ4n) is 3.10. The second kappa shape index (κ2) is 9.58. The van der Waals surface area contributed by atoms with Gasteiger partial charge in [0.05, 0.1) is 18.3 Å². The van der Waals surface area contributed by atoms with Crippen LogP contribution in [-0.2, 0) is 6.42 Å². The number of benzene rings is 1. The third-order valence-electron chi connectivity index (χ3n) is 4.36. The zero-order valence-corrected chi connectivity index (χ0v) is 17.1. The first-order valence-electron chi connectivity index (χ1n) is 8.20. The van der Waals surface area contributed by atoms with Crippen molar-refractivity contribution in [3.63, 3.8) is 0 Å². The van der Waals surface area contributed by atoms with Crippen molar-refractivity contribution in [2.75, 3.05) is 6.61 Å². The number of ether oxygens (including phenoxy) is 1. The van der Waals surface area contributed by atoms with Crippen molar-refractivity contribution in [1.82, 2.24) is 4.98 Å². The van der Waals surface area contributed by atoms with Crippen LogP contribution in [0.2, 0.25) is 5.02 Å². The van der Waals surface area contributed by atoms with Gasteiger partial charge >= 0.3 is 29.6 Å². The monoisotopic (exact) mass is 367 g/mol. The summed E-state index contributed by atoms with van der Waals surface area (Å²) < 4.78 is 6.01. The summed E-state index contributed by atoms with van der Waals surface area (Å²) in [4.78, 5) is 15.1. The second-order valence-electron chi connectivity index (χ2n) is 6.19. The molecule has 0 unspecified atom stereocenters. The average Bonchev–Trinajstić information content (AvgIpc) is 3.08. The van der Waals surface area contributed by atoms with E-state index in [-0.39, 0.29) is 35.3 Å². The molecule has 0 radical (unpaired) electrons. The number of carbonyl (C=O) groups excluding carboxylic acids is 1. The van der Waals surface area contributed by atoms with E-state index in [1.165, 1.54) is 31.7 Å². The molecule has 1 aromatic heterocycles. The summed E-state index contributed by atoms with van der Waals surface area (Å²) in [6.45, 7) is 0.709. The molecule has 1 aliphatic carbocycles. The normalized spacial score (nSPS) is 14.1. The van der Waals surface area contributed by atoms with E-state index in [1.54, 1.807) is 18.2 Å². The molecule has 0 N–H and O–H groups in total. The summed E-state index contributed by atoms with van der Waals surface area (Å²) in [5, 5.41) is 11.6. The van der Waals surface area contributed by atoms with Crippen LogP contribution < -0.4 is 39.4 Å². The van der Waals surface area contributed by atoms with Crippen molar-refractivity contribution in [2.24, 2.45) is 5.92 Å². The first-order chi connectivity index (χ1) is 11.6. The standard InChI is InChI=1S/C19H20ClNO3.Na/c20-15-8-9-18(24-12-13-4-1-2-5-13)14(10-15)11-16-6-3-7-17(21-16)19(22)23;/h3,6-10,13H,1-2,4-5,11-12H2,(H,22,23);/q;+1/p-1. The Bertz CT molecular complexity index is 732. The van der Waals surface area contributed by atoms with E-state index in [0.717, 1.165) is 11.3 Å². The number of aromatic nitrogens is 1. The summed E-state index contributed by atoms with van der Waals surface area (Å²) in [7, 11) is 0. The van der Waals surface area contributed by atoms with Gasteiger partial charge in [0.2, 0.25) is 0 Å². The van der Waals surface area contributed by atoms with Gasteiger partial charge in [-0.15, -0.1) is 0 Å². The molecular weight excluding hydrogens is 349 g/mol. The molecule has 126 valence electrons. The minimum Gasteiger partial charge on any atom is -0.543 e. The van der Waals surface area contributed by atoms with Gasteiger partial charge in [0.1, 0.15) is 5.75 Å². The van der Waals surface area contributed by atoms with Crippen molar-refractivity contribution in [3.05, 3.63) is 58.4 Å². The topological polar surface area (TPSA) is 62.2 Å². The van der Waals surface area contributed by atoms with Crippen LogP contribution in [0.25, 0.3) is 0 Å². The fraction of sp³-hybridized carbons (Fsp3) is 0.368. The molecule has 25 heavy (non-hydrogen) atoms. The average molecular weight is 368 g/mol. The molecule has 0 amide bonds. The number of nitrogens with zero attached hydrogens (tertiary/aromatic N) is 1. The number of halogens is 1. The molecule has 1 aliphatic rings. The maximum Gasteiger partial charge on any atom is 1.00 e. The van der Waals surface area contributed by atoms with Crippen molar-refractivity contribution in [2.45, 2.75) is 32.1 Å². The van der Waals surface area contributed by atoms with Gasteiger partial charge in [-0.1, -0.05) is 30.5 Å². The minimum absolute atomic E-state index is 0. The Hall–Kier alpha value is -1.07. The molecule has 6 heteroatoms. The van der Waals surface area contributed by atoms with Crippen LogP contribution in [0.4, 0.5) is 0 Å². The van der Waals surface area contributed by atoms with Gasteiger partial charge in [-0.25, -0.2) is 0 Å². The Kier molecular flexibility index (Phi) is 7.76. The number of carboxylic acids is 1. The Morgan fingerprint density at radius 2 is 2.00 bits per heavy atom. The summed E-state index contributed by atoms with van der Waals surface area (Å²) in [5.41, 5.74) is 1.48. The molecule has 1 fully saturated rings. The zero-order chi connectivity index (χ0) is 16.9. The van der Waals surface area contributed by atoms with Crippen molar-refractivity contribution in [1.29, 1.82) is 0 Å². The Morgan fingerprint density at radius 3 is 2.72 bits per heavy atom. The van der Waals surface area contributed by atoms with Crippen molar-refractivity contribution < 1.29 is 44.2 Å². The number of hydrogen-bond donors (Lipinski definition) is 0. The van der Waals surface area contributed by atoms with E-state index in [2.05, 4.69) is 4.98 Å². The first kappa shape index (κ1) is 20.2. The predicted octanol–water partition coefficient (Wildman–Crippen LogP) is 0.262. The maximum atomic E-state index is 11.0. The first-order valence-corrected chi connectivity index (χ1v) is 8.58. The van der Waals surface area contributed by atoms with Crippen LogP contribution in [0.5, 0.6) is 5.75 Å². The third-order valence-corrected chi connectivity index (χ3v) is 4.59. The Balaban J connectivity index is 0.00000225. The van der Waals surface area contributed by atoms with Crippen molar-refractivity contribution >= 4 is 17.6 Å². The summed E-state index contributed by atoms with van der Waals surface area (Å²) in [6.07, 6.45) is 5.46. The number of hydrogen-bond acceptors (Lipinski definition) is 4. The van der Waals surface area contributed by atoms with Gasteiger partial charge in [0.25, 0.3) is 0 Å². The van der Waals surface area contributed by atoms with Crippen LogP contribution in [0.1, 0.15) is 47.4 Å². The van der Waals surface area contributed by atoms with Crippen LogP contribution in [0, 0.1) is 5.92 Å². The SMILES string of the molecule is O=C([O-])c1cccc(Cc2cc(Cl)ccc2OCC2CCCC2)n1.[Na+]. The molecule has 2 aromatic rings. The van der Waals surface area contributed by atoms with E-state index in [0.29, 0.717) is 29.7 Å². The van der Waals surface area contributed by atoms with Gasteiger partial charge in [-0.2, -0.15) is 0 Å². The van der Waals surface area contributed by atoms with Gasteiger partial charge in [-0.05, 0) is 49.1 Å². The summed E-state index contributed by atoms with van der Waals surface area (Å²) in [5.74, 6) is 0.126. The van der Waals surface area contributed by atoms with Crippen LogP contribution in [-0.4, -0.2) is 17.6 Å². The number of pyridine rings is 1. The van der Waals surface area contributed by atoms with Gasteiger partial charge in [-0.3, -0.25) is 4.98 Å². The molecule has 0 bridgehead atoms. The molecule has 4 nitrogen and oxygen atoms in total. The van der Waals surface area contributed by atoms with Gasteiger partial charge < -0.3 is 14.6 Å². The van der Waals surface area contributed by atoms with Crippen molar-refractivity contribution in [3.8, 4) is 5.75 Å². The van der Waals surface area contributed by atoms with E-state index in [4.69, 9.17) is 16.3 Å². The Labute approximate surface area is 174 Å². The van der Waals surface area contributed by atoms with Gasteiger partial charge in [0, 0.05) is 22.7 Å². The maximum absolute atomic E-state index is 11.0. The summed E-state index contributed by atoms with van der Waals surface area (Å²) >= 11 is 6.11. The quantitative estimate of drug-likeness (QED) is 0.687. The number of carbonyl (C=O) groups is 1. The van der Waals surface area contributed by atoms with E-state index in [1.807, 2.05) is 12.1 Å². The van der Waals surface area contributed by atoms with E-state index in [9.17, 15) is 9.90 Å². The molecule has 0 aliphatic heterocycles. The van der Waals surface area contributed by atoms with E-state index >= 15 is 0 Å². The molecule has 0 saturated heterocycles. The zero-order valence-electron chi connectivity index (χ0n) is 14.3. The predicted molar refractivity (Wildman–Crippen MR) is 90.3 cm³/mol. The number of carboxylic acid groups (broad SMARTS) is 1. The van der Waals surface area contributed by atoms with Crippen LogP contribution >= 0.6 is 11.6 Å².